The molecular weight excluding hydrogens is 796 g/mol. The molecule has 0 aliphatic rings. The summed E-state index contributed by atoms with van der Waals surface area (Å²) in [7, 11) is -4.85. The highest BCUT2D eigenvalue weighted by molar-refractivity contribution is 7.86. The number of benzene rings is 5. The van der Waals surface area contributed by atoms with E-state index in [4.69, 9.17) is 21.2 Å². The molecule has 0 fully saturated rings. The van der Waals surface area contributed by atoms with E-state index in [-0.39, 0.29) is 61.8 Å². The monoisotopic (exact) mass is 844 g/mol. The molecule has 0 unspecified atom stereocenters. The number of carbonyl (C=O) groups excluding carboxylic acids is 2. The number of carbonyl (C=O) groups is 2. The van der Waals surface area contributed by atoms with Crippen LogP contribution in [0.3, 0.4) is 0 Å². The van der Waals surface area contributed by atoms with E-state index in [9.17, 15) is 32.8 Å². The largest absolute Gasteiger partial charge is 0.505 e. The second kappa shape index (κ2) is 17.3. The van der Waals surface area contributed by atoms with Crippen molar-refractivity contribution in [2.45, 2.75) is 97.3 Å². The molecule has 0 saturated carbocycles. The van der Waals surface area contributed by atoms with Gasteiger partial charge in [-0.25, -0.2) is 0 Å². The molecule has 59 heavy (non-hydrogen) atoms. The van der Waals surface area contributed by atoms with E-state index >= 15 is 0 Å². The first-order valence-electron chi connectivity index (χ1n) is 19.0. The van der Waals surface area contributed by atoms with Crippen molar-refractivity contribution in [2.24, 2.45) is 10.2 Å². The molecule has 0 aliphatic carbocycles. The van der Waals surface area contributed by atoms with Gasteiger partial charge in [0.25, 0.3) is 16.0 Å². The predicted molar refractivity (Wildman–Crippen MR) is 230 cm³/mol. The smallest absolute Gasteiger partial charge is 0.296 e. The van der Waals surface area contributed by atoms with Crippen molar-refractivity contribution < 1.29 is 42.3 Å². The number of halogens is 1. The van der Waals surface area contributed by atoms with E-state index in [1.54, 1.807) is 26.0 Å². The van der Waals surface area contributed by atoms with Crippen LogP contribution in [0, 0.1) is 6.92 Å². The number of azo groups is 1. The minimum absolute atomic E-state index is 0.0450. The van der Waals surface area contributed by atoms with Gasteiger partial charge in [-0.05, 0) is 90.1 Å². The van der Waals surface area contributed by atoms with E-state index in [1.807, 2.05) is 12.1 Å². The lowest BCUT2D eigenvalue weighted by molar-refractivity contribution is -0.120. The maximum Gasteiger partial charge on any atom is 0.296 e. The van der Waals surface area contributed by atoms with E-state index in [0.29, 0.717) is 22.7 Å². The van der Waals surface area contributed by atoms with Crippen molar-refractivity contribution in [3.05, 3.63) is 94.5 Å². The number of nitrogens with zero attached hydrogens (tertiary/aromatic N) is 3. The number of fused-ring (bicyclic) bond motifs is 1. The number of hydrogen-bond acceptors (Lipinski definition) is 10. The molecular formula is C44H49ClN4O9S. The molecule has 13 nitrogen and oxygen atoms in total. The third-order valence-electron chi connectivity index (χ3n) is 10.6. The van der Waals surface area contributed by atoms with Gasteiger partial charge in [-0.1, -0.05) is 78.3 Å². The predicted octanol–water partition coefficient (Wildman–Crippen LogP) is 11.7. The third-order valence-corrected chi connectivity index (χ3v) is 12.0. The quantitative estimate of drug-likeness (QED) is 0.0479. The van der Waals surface area contributed by atoms with Crippen LogP contribution in [0.2, 0.25) is 5.02 Å². The number of nitrogens with one attached hydrogen (secondary N) is 1. The highest BCUT2D eigenvalue weighted by Crippen LogP contribution is 2.46. The highest BCUT2D eigenvalue weighted by atomic mass is 35.5. The molecule has 5 aromatic rings. The first kappa shape index (κ1) is 44.4. The highest BCUT2D eigenvalue weighted by Gasteiger charge is 2.30. The zero-order valence-electron chi connectivity index (χ0n) is 34.5. The zero-order valence-corrected chi connectivity index (χ0v) is 36.0. The summed E-state index contributed by atoms with van der Waals surface area (Å²) in [6.07, 6.45) is 1.93. The summed E-state index contributed by atoms with van der Waals surface area (Å²) in [5, 5.41) is 34.5. The van der Waals surface area contributed by atoms with Crippen molar-refractivity contribution >= 4 is 67.1 Å². The van der Waals surface area contributed by atoms with Gasteiger partial charge in [0.2, 0.25) is 5.91 Å². The van der Waals surface area contributed by atoms with Gasteiger partial charge < -0.3 is 25.1 Å². The minimum Gasteiger partial charge on any atom is -0.505 e. The summed E-state index contributed by atoms with van der Waals surface area (Å²) >= 11 is 6.62. The molecule has 0 atom stereocenters. The number of amides is 2. The Morgan fingerprint density at radius 3 is 2.10 bits per heavy atom. The number of phenols is 2. The van der Waals surface area contributed by atoms with Gasteiger partial charge in [-0.3, -0.25) is 14.1 Å². The molecule has 0 saturated heterocycles. The number of phenolic OH excluding ortho intramolecular Hbond substituents is 2. The third kappa shape index (κ3) is 9.62. The number of rotatable bonds is 14. The zero-order chi connectivity index (χ0) is 43.6. The molecule has 0 aliphatic heterocycles. The van der Waals surface area contributed by atoms with Gasteiger partial charge in [-0.2, -0.15) is 13.5 Å². The molecule has 5 aromatic carbocycles. The van der Waals surface area contributed by atoms with Crippen LogP contribution < -0.4 is 20.0 Å². The van der Waals surface area contributed by atoms with Crippen LogP contribution in [0.5, 0.6) is 28.7 Å². The molecule has 0 radical (unpaired) electrons. The average molecular weight is 845 g/mol. The molecule has 0 heterocycles. The average Bonchev–Trinajstić information content (AvgIpc) is 3.19. The van der Waals surface area contributed by atoms with Gasteiger partial charge >= 0.3 is 0 Å². The Morgan fingerprint density at radius 2 is 1.51 bits per heavy atom. The van der Waals surface area contributed by atoms with Crippen LogP contribution in [-0.4, -0.2) is 35.0 Å². The van der Waals surface area contributed by atoms with E-state index in [0.717, 1.165) is 35.1 Å². The second-order valence-corrected chi connectivity index (χ2v) is 17.2. The molecule has 0 spiro atoms. The van der Waals surface area contributed by atoms with Gasteiger partial charge in [-0.15, -0.1) is 10.2 Å². The maximum absolute atomic E-state index is 13.2. The summed E-state index contributed by atoms with van der Waals surface area (Å²) < 4.78 is 40.8. The Bertz CT molecular complexity index is 2570. The van der Waals surface area contributed by atoms with Crippen LogP contribution in [-0.2, 0) is 30.5 Å². The Hall–Kier alpha value is -5.70. The lowest BCUT2D eigenvalue weighted by Crippen LogP contribution is -2.33. The lowest BCUT2D eigenvalue weighted by Gasteiger charge is -2.32. The molecule has 312 valence electrons. The second-order valence-electron chi connectivity index (χ2n) is 15.5. The van der Waals surface area contributed by atoms with Crippen molar-refractivity contribution in [3.63, 3.8) is 0 Å². The van der Waals surface area contributed by atoms with Crippen molar-refractivity contribution in [1.29, 1.82) is 0 Å². The van der Waals surface area contributed by atoms with Gasteiger partial charge in [0.05, 0.1) is 10.7 Å². The molecule has 4 N–H and O–H groups in total. The van der Waals surface area contributed by atoms with Crippen LogP contribution >= 0.6 is 11.6 Å². The Kier molecular flexibility index (Phi) is 13.0. The fraction of sp³-hybridized carbons (Fsp3) is 0.318. The summed E-state index contributed by atoms with van der Waals surface area (Å²) in [5.74, 6) is -0.812. The standard InChI is InChI=1S/C44H49ClN4O9S/c1-10-38(51)46-30-15-13-27-21-37(59(54,55)56)40(41(52)32(27)23-30)48-47-29-16-18-31(19-17-29)57-36-24-34(42(53)39(45)25(36)4)49(26(5)50)58-35-20-14-28(43(6,7)11-2)22-33(35)44(8,9)12-3/h13-24,52-53H,10-12H2,1-9H3,(H,46,51)(H,54,55,56). The van der Waals surface area contributed by atoms with Crippen LogP contribution in [0.15, 0.2) is 87.9 Å². The van der Waals surface area contributed by atoms with Crippen LogP contribution in [0.4, 0.5) is 22.7 Å². The number of ether oxygens (including phenoxy) is 1. The van der Waals surface area contributed by atoms with Crippen LogP contribution in [0.1, 0.15) is 91.3 Å². The summed E-state index contributed by atoms with van der Waals surface area (Å²) in [6.45, 7) is 17.4. The number of hydroxylamine groups is 1. The maximum atomic E-state index is 13.2. The molecule has 15 heteroatoms. The van der Waals surface area contributed by atoms with Gasteiger partial charge in [0, 0.05) is 41.6 Å². The lowest BCUT2D eigenvalue weighted by atomic mass is 9.76. The Labute approximate surface area is 349 Å². The van der Waals surface area contributed by atoms with Gasteiger partial charge in [0.1, 0.15) is 27.8 Å². The molecule has 0 bridgehead atoms. The van der Waals surface area contributed by atoms with Crippen molar-refractivity contribution in [3.8, 4) is 28.7 Å². The summed E-state index contributed by atoms with van der Waals surface area (Å²) in [4.78, 5) is 30.8. The molecule has 5 rings (SSSR count). The SMILES string of the molecule is CCC(=O)Nc1ccc2cc(S(=O)(=O)O)c(N=Nc3ccc(Oc4cc(N(Oc5ccc(C(C)(C)CC)cc5C(C)(C)CC)C(C)=O)c(O)c(Cl)c4C)cc3)c(O)c2c1. The molecule has 2 amide bonds. The fourth-order valence-corrected chi connectivity index (χ4v) is 6.92. The first-order chi connectivity index (χ1) is 27.6. The van der Waals surface area contributed by atoms with E-state index in [1.165, 1.54) is 43.3 Å². The normalized spacial score (nSPS) is 12.2. The van der Waals surface area contributed by atoms with Crippen molar-refractivity contribution in [1.82, 2.24) is 0 Å². The van der Waals surface area contributed by atoms with E-state index < -0.39 is 32.4 Å². The topological polar surface area (TPSA) is 187 Å². The molecule has 0 aromatic heterocycles. The van der Waals surface area contributed by atoms with Crippen LogP contribution in [0.25, 0.3) is 10.8 Å². The first-order valence-corrected chi connectivity index (χ1v) is 20.9. The summed E-state index contributed by atoms with van der Waals surface area (Å²) in [6, 6.07) is 19.1. The summed E-state index contributed by atoms with van der Waals surface area (Å²) in [5.41, 5.74) is 2.02. The Balaban J connectivity index is 1.47. The fourth-order valence-electron chi connectivity index (χ4n) is 6.07. The van der Waals surface area contributed by atoms with Gasteiger partial charge in [0.15, 0.2) is 17.2 Å². The van der Waals surface area contributed by atoms with Crippen molar-refractivity contribution in [2.75, 3.05) is 10.4 Å². The number of hydrogen-bond donors (Lipinski definition) is 4. The minimum atomic E-state index is -4.85. The number of aromatic hydroxyl groups is 2. The number of anilines is 2. The van der Waals surface area contributed by atoms with E-state index in [2.05, 4.69) is 63.2 Å². The Morgan fingerprint density at radius 1 is 0.847 bits per heavy atom.